The average molecular weight is 408 g/mol. The van der Waals surface area contributed by atoms with Crippen LogP contribution in [0, 0.1) is 0 Å². The van der Waals surface area contributed by atoms with Gasteiger partial charge < -0.3 is 14.7 Å². The first-order chi connectivity index (χ1) is 13.5. The molecule has 0 saturated heterocycles. The monoisotopic (exact) mass is 408 g/mol. The van der Waals surface area contributed by atoms with Crippen molar-refractivity contribution >= 4 is 13.5 Å². The van der Waals surface area contributed by atoms with Crippen molar-refractivity contribution in [3.63, 3.8) is 0 Å². The lowest BCUT2D eigenvalue weighted by Gasteiger charge is -2.31. The number of hydrogen-bond donors (Lipinski definition) is 3. The van der Waals surface area contributed by atoms with Crippen LogP contribution in [0.15, 0.2) is 24.3 Å². The molecule has 6 nitrogen and oxygen atoms in total. The Morgan fingerprint density at radius 1 is 1.04 bits per heavy atom. The van der Waals surface area contributed by atoms with Gasteiger partial charge in [0, 0.05) is 24.8 Å². The Morgan fingerprint density at radius 2 is 1.61 bits per heavy atom. The van der Waals surface area contributed by atoms with E-state index in [1.165, 1.54) is 20.0 Å². The third-order valence-electron chi connectivity index (χ3n) is 6.03. The third kappa shape index (κ3) is 5.44. The minimum atomic E-state index is -3.97. The van der Waals surface area contributed by atoms with Crippen LogP contribution < -0.4 is 10.6 Å². The quantitative estimate of drug-likeness (QED) is 0.578. The second-order valence-electron chi connectivity index (χ2n) is 8.05. The van der Waals surface area contributed by atoms with Crippen molar-refractivity contribution in [2.24, 2.45) is 0 Å². The van der Waals surface area contributed by atoms with Gasteiger partial charge in [-0.1, -0.05) is 56.7 Å². The van der Waals surface area contributed by atoms with Gasteiger partial charge in [-0.25, -0.2) is 0 Å². The first-order valence-corrected chi connectivity index (χ1v) is 12.2. The highest BCUT2D eigenvalue weighted by Crippen LogP contribution is 2.55. The van der Waals surface area contributed by atoms with Gasteiger partial charge in [0.2, 0.25) is 0 Å². The second kappa shape index (κ2) is 10.0. The maximum Gasteiger partial charge on any atom is 0.349 e. The van der Waals surface area contributed by atoms with Crippen LogP contribution in [-0.2, 0) is 9.09 Å². The van der Waals surface area contributed by atoms with Gasteiger partial charge in [0.15, 0.2) is 0 Å². The van der Waals surface area contributed by atoms with Crippen LogP contribution in [0.5, 0.6) is 0 Å². The van der Waals surface area contributed by atoms with Crippen molar-refractivity contribution < 1.29 is 18.8 Å². The molecule has 2 aliphatic carbocycles. The van der Waals surface area contributed by atoms with Crippen LogP contribution in [0.2, 0.25) is 0 Å². The Bertz CT molecular complexity index is 699. The summed E-state index contributed by atoms with van der Waals surface area (Å²) in [6, 6.07) is 7.44. The summed E-state index contributed by atoms with van der Waals surface area (Å²) in [7, 11) is -2.72. The lowest BCUT2D eigenvalue weighted by atomic mass is 9.94. The zero-order valence-corrected chi connectivity index (χ0v) is 17.6. The van der Waals surface area contributed by atoms with Crippen LogP contribution in [0.4, 0.5) is 0 Å². The summed E-state index contributed by atoms with van der Waals surface area (Å²) in [6.07, 6.45) is 10.8. The number of carbonyl (C=O) groups excluding carboxylic acids is 1. The maximum atomic E-state index is 13.0. The summed E-state index contributed by atoms with van der Waals surface area (Å²) in [5, 5.41) is 6.47. The second-order valence-corrected chi connectivity index (χ2v) is 10.1. The van der Waals surface area contributed by atoms with Crippen LogP contribution in [-0.4, -0.2) is 30.0 Å². The zero-order valence-electron chi connectivity index (χ0n) is 16.7. The normalized spacial score (nSPS) is 22.4. The molecule has 1 aromatic carbocycles. The van der Waals surface area contributed by atoms with Crippen molar-refractivity contribution in [3.05, 3.63) is 35.4 Å². The van der Waals surface area contributed by atoms with E-state index in [9.17, 15) is 14.3 Å². The van der Waals surface area contributed by atoms with E-state index in [1.54, 1.807) is 24.3 Å². The van der Waals surface area contributed by atoms with Crippen LogP contribution in [0.3, 0.4) is 0 Å². The summed E-state index contributed by atoms with van der Waals surface area (Å²) in [5.41, 5.74) is 0.988. The van der Waals surface area contributed by atoms with E-state index >= 15 is 0 Å². The van der Waals surface area contributed by atoms with Gasteiger partial charge in [0.05, 0.1) is 0 Å². The van der Waals surface area contributed by atoms with E-state index in [-0.39, 0.29) is 18.0 Å². The van der Waals surface area contributed by atoms with Gasteiger partial charge in [-0.15, -0.1) is 0 Å². The molecule has 2 aliphatic rings. The summed E-state index contributed by atoms with van der Waals surface area (Å²) in [4.78, 5) is 23.5. The highest BCUT2D eigenvalue weighted by molar-refractivity contribution is 7.53. The number of rotatable bonds is 7. The Morgan fingerprint density at radius 3 is 2.21 bits per heavy atom. The minimum Gasteiger partial charge on any atom is -0.349 e. The lowest BCUT2D eigenvalue weighted by Crippen LogP contribution is -2.38. The molecule has 1 aromatic rings. The Hall–Kier alpha value is -1.20. The van der Waals surface area contributed by atoms with Crippen LogP contribution in [0.25, 0.3) is 0 Å². The van der Waals surface area contributed by atoms with Gasteiger partial charge in [-0.2, -0.15) is 0 Å². The van der Waals surface area contributed by atoms with Gasteiger partial charge in [0.25, 0.3) is 5.91 Å². The fraction of sp³-hybridized carbons (Fsp3) is 0.667. The Balaban J connectivity index is 1.84. The predicted octanol–water partition coefficient (Wildman–Crippen LogP) is 4.50. The highest BCUT2D eigenvalue weighted by atomic mass is 31.2. The number of hydrogen-bond acceptors (Lipinski definition) is 4. The van der Waals surface area contributed by atoms with Gasteiger partial charge in [0.1, 0.15) is 5.78 Å². The van der Waals surface area contributed by atoms with Gasteiger partial charge in [-0.3, -0.25) is 14.7 Å². The molecule has 7 heteroatoms. The molecule has 0 aliphatic heterocycles. The molecular weight excluding hydrogens is 375 g/mol. The highest BCUT2D eigenvalue weighted by Gasteiger charge is 2.37. The van der Waals surface area contributed by atoms with Gasteiger partial charge >= 0.3 is 7.60 Å². The van der Waals surface area contributed by atoms with E-state index in [0.717, 1.165) is 51.4 Å². The molecule has 0 bridgehead atoms. The van der Waals surface area contributed by atoms with Crippen molar-refractivity contribution in [2.45, 2.75) is 82.1 Å². The summed E-state index contributed by atoms with van der Waals surface area (Å²) in [5.74, 6) is -1.08. The van der Waals surface area contributed by atoms with Crippen molar-refractivity contribution in [3.8, 4) is 0 Å². The molecule has 3 rings (SSSR count). The van der Waals surface area contributed by atoms with Crippen LogP contribution in [0.1, 0.15) is 85.9 Å². The summed E-state index contributed by atoms with van der Waals surface area (Å²) < 4.78 is 17.9. The fourth-order valence-electron chi connectivity index (χ4n) is 4.41. The van der Waals surface area contributed by atoms with E-state index in [2.05, 4.69) is 10.6 Å². The van der Waals surface area contributed by atoms with Crippen molar-refractivity contribution in [2.75, 3.05) is 7.11 Å². The molecule has 1 amide bonds. The average Bonchev–Trinajstić information content (AvgIpc) is 2.73. The molecule has 0 aromatic heterocycles. The van der Waals surface area contributed by atoms with E-state index in [4.69, 9.17) is 4.52 Å². The fourth-order valence-corrected chi connectivity index (χ4v) is 5.60. The number of benzene rings is 1. The number of amides is 1. The van der Waals surface area contributed by atoms with E-state index in [0.29, 0.717) is 11.1 Å². The number of carbonyl (C=O) groups is 1. The predicted molar refractivity (Wildman–Crippen MR) is 110 cm³/mol. The molecule has 2 unspecified atom stereocenters. The van der Waals surface area contributed by atoms with Gasteiger partial charge in [-0.05, 0) is 37.3 Å². The van der Waals surface area contributed by atoms with E-state index in [1.807, 2.05) is 0 Å². The molecule has 0 radical (unpaired) electrons. The smallest absolute Gasteiger partial charge is 0.349 e. The molecule has 2 saturated carbocycles. The molecule has 28 heavy (non-hydrogen) atoms. The molecular formula is C21H33N2O4P. The summed E-state index contributed by atoms with van der Waals surface area (Å²) in [6.45, 7) is 0. The van der Waals surface area contributed by atoms with Crippen LogP contribution >= 0.6 is 7.60 Å². The Kier molecular flexibility index (Phi) is 7.69. The van der Waals surface area contributed by atoms with E-state index < -0.39 is 13.4 Å². The zero-order chi connectivity index (χ0) is 20.0. The third-order valence-corrected chi connectivity index (χ3v) is 7.63. The maximum absolute atomic E-state index is 13.0. The largest absolute Gasteiger partial charge is 0.349 e. The number of nitrogens with one attached hydrogen (secondary N) is 2. The molecule has 0 heterocycles. The topological polar surface area (TPSA) is 87.7 Å². The molecule has 0 spiro atoms. The standard InChI is InChI=1S/C21H33N2O4P/c1-27-28(25,26)21(23-17-12-6-3-7-13-17)19-15-9-8-14-18(19)20(24)22-16-10-4-2-5-11-16/h8-9,14-17,21,23H,2-7,10-13H2,1H3,(H,22,24)(H,25,26). The van der Waals surface area contributed by atoms with Crippen molar-refractivity contribution in [1.82, 2.24) is 10.6 Å². The SMILES string of the molecule is COP(=O)(O)C(NC1CCCCC1)c1ccccc1C(=O)NC1CCCCC1. The molecule has 2 fully saturated rings. The first-order valence-electron chi connectivity index (χ1n) is 10.6. The Labute approximate surface area is 168 Å². The molecule has 156 valence electrons. The minimum absolute atomic E-state index is 0.156. The lowest BCUT2D eigenvalue weighted by molar-refractivity contribution is 0.0926. The first kappa shape index (κ1) is 21.5. The van der Waals surface area contributed by atoms with Crippen molar-refractivity contribution in [1.29, 1.82) is 0 Å². The summed E-state index contributed by atoms with van der Waals surface area (Å²) >= 11 is 0. The molecule has 3 N–H and O–H groups in total. The molecule has 2 atom stereocenters.